The van der Waals surface area contributed by atoms with E-state index in [1.807, 2.05) is 19.9 Å². The second kappa shape index (κ2) is 8.81. The first-order valence-corrected chi connectivity index (χ1v) is 10.5. The molecule has 0 aromatic heterocycles. The lowest BCUT2D eigenvalue weighted by molar-refractivity contribution is -0.123. The van der Waals surface area contributed by atoms with Crippen molar-refractivity contribution in [1.29, 1.82) is 0 Å². The Balaban J connectivity index is 1.42. The summed E-state index contributed by atoms with van der Waals surface area (Å²) in [6, 6.07) is 9.63. The number of ether oxygens (including phenoxy) is 1. The minimum Gasteiger partial charge on any atom is -0.462 e. The van der Waals surface area contributed by atoms with E-state index in [9.17, 15) is 19.2 Å². The van der Waals surface area contributed by atoms with Gasteiger partial charge in [-0.1, -0.05) is 11.3 Å². The molecule has 2 atom stereocenters. The highest BCUT2D eigenvalue weighted by Gasteiger charge is 2.55. The maximum absolute atomic E-state index is 13.1. The summed E-state index contributed by atoms with van der Waals surface area (Å²) in [4.78, 5) is 51.3. The number of rotatable bonds is 6. The molecule has 0 radical (unpaired) electrons. The van der Waals surface area contributed by atoms with Crippen molar-refractivity contribution in [3.05, 3.63) is 59.2 Å². The maximum Gasteiger partial charge on any atom is 0.338 e. The van der Waals surface area contributed by atoms with E-state index in [4.69, 9.17) is 4.74 Å². The van der Waals surface area contributed by atoms with E-state index < -0.39 is 35.8 Å². The fourth-order valence-corrected chi connectivity index (χ4v) is 3.72. The number of amides is 3. The van der Waals surface area contributed by atoms with Gasteiger partial charge in [-0.3, -0.25) is 19.4 Å². The third kappa shape index (κ3) is 4.19. The highest BCUT2D eigenvalue weighted by Crippen LogP contribution is 2.32. The van der Waals surface area contributed by atoms with Gasteiger partial charge in [0.1, 0.15) is 6.54 Å². The van der Waals surface area contributed by atoms with Gasteiger partial charge in [-0.15, -0.1) is 0 Å². The zero-order valence-electron chi connectivity index (χ0n) is 18.4. The molecule has 2 aromatic rings. The van der Waals surface area contributed by atoms with Crippen LogP contribution in [-0.2, 0) is 19.1 Å². The average Bonchev–Trinajstić information content (AvgIpc) is 3.30. The van der Waals surface area contributed by atoms with Gasteiger partial charge >= 0.3 is 5.97 Å². The Bertz CT molecular complexity index is 1160. The van der Waals surface area contributed by atoms with Crippen LogP contribution in [0.5, 0.6) is 0 Å². The molecular formula is C23H23N5O5. The lowest BCUT2D eigenvalue weighted by Crippen LogP contribution is -2.43. The van der Waals surface area contributed by atoms with Crippen LogP contribution in [0.15, 0.2) is 52.8 Å². The molecule has 2 heterocycles. The first kappa shape index (κ1) is 22.1. The Morgan fingerprint density at radius 1 is 1.03 bits per heavy atom. The average molecular weight is 449 g/mol. The van der Waals surface area contributed by atoms with Crippen molar-refractivity contribution >= 4 is 35.1 Å². The summed E-state index contributed by atoms with van der Waals surface area (Å²) < 4.78 is 4.93. The summed E-state index contributed by atoms with van der Waals surface area (Å²) in [7, 11) is 0. The van der Waals surface area contributed by atoms with E-state index in [1.165, 1.54) is 5.01 Å². The second-order valence-electron chi connectivity index (χ2n) is 7.82. The second-order valence-corrected chi connectivity index (χ2v) is 7.82. The Labute approximate surface area is 190 Å². The first-order chi connectivity index (χ1) is 15.8. The lowest BCUT2D eigenvalue weighted by atomic mass is 10.1. The predicted octanol–water partition coefficient (Wildman–Crippen LogP) is 2.41. The fourth-order valence-electron chi connectivity index (χ4n) is 3.72. The monoisotopic (exact) mass is 449 g/mol. The van der Waals surface area contributed by atoms with Crippen LogP contribution >= 0.6 is 0 Å². The molecule has 0 saturated carbocycles. The molecule has 1 fully saturated rings. The van der Waals surface area contributed by atoms with E-state index in [1.54, 1.807) is 43.3 Å². The zero-order chi connectivity index (χ0) is 23.7. The summed E-state index contributed by atoms with van der Waals surface area (Å²) in [5.74, 6) is -1.82. The Morgan fingerprint density at radius 3 is 2.42 bits per heavy atom. The van der Waals surface area contributed by atoms with Gasteiger partial charge in [-0.25, -0.2) is 9.69 Å². The van der Waals surface area contributed by atoms with Gasteiger partial charge in [0.2, 0.25) is 5.91 Å². The van der Waals surface area contributed by atoms with Crippen LogP contribution in [0, 0.1) is 13.8 Å². The van der Waals surface area contributed by atoms with E-state index >= 15 is 0 Å². The maximum atomic E-state index is 13.1. The van der Waals surface area contributed by atoms with Crippen LogP contribution in [0.1, 0.15) is 28.4 Å². The van der Waals surface area contributed by atoms with Crippen LogP contribution in [-0.4, -0.2) is 53.9 Å². The lowest BCUT2D eigenvalue weighted by Gasteiger charge is -2.20. The molecule has 0 bridgehead atoms. The van der Waals surface area contributed by atoms with Crippen LogP contribution in [0.3, 0.4) is 0 Å². The molecule has 2 aliphatic rings. The van der Waals surface area contributed by atoms with Crippen molar-refractivity contribution in [2.75, 3.05) is 23.4 Å². The molecule has 10 heteroatoms. The first-order valence-electron chi connectivity index (χ1n) is 10.5. The molecular weight excluding hydrogens is 426 g/mol. The summed E-state index contributed by atoms with van der Waals surface area (Å²) in [5, 5.41) is 11.7. The van der Waals surface area contributed by atoms with Gasteiger partial charge in [0.25, 0.3) is 11.8 Å². The number of carbonyl (C=O) groups excluding carboxylic acids is 4. The molecule has 0 unspecified atom stereocenters. The number of benzene rings is 2. The molecule has 1 N–H and O–H groups in total. The number of aryl methyl sites for hydroxylation is 2. The van der Waals surface area contributed by atoms with E-state index in [-0.39, 0.29) is 13.2 Å². The molecule has 170 valence electrons. The SMILES string of the molecule is CCOC(=O)c1ccc(NC(=O)CN2N=N[C@@H]3C(=O)N(c4ccc(C)c(C)c4)C(=O)[C@H]32)cc1. The fraction of sp³-hybridized carbons (Fsp3) is 0.304. The molecule has 0 aliphatic carbocycles. The van der Waals surface area contributed by atoms with Gasteiger partial charge in [0.05, 0.1) is 17.9 Å². The molecule has 4 rings (SSSR count). The molecule has 3 amide bonds. The van der Waals surface area contributed by atoms with Crippen LogP contribution in [0.2, 0.25) is 0 Å². The van der Waals surface area contributed by atoms with Crippen LogP contribution < -0.4 is 10.2 Å². The molecule has 0 spiro atoms. The van der Waals surface area contributed by atoms with Crippen molar-refractivity contribution in [3.8, 4) is 0 Å². The largest absolute Gasteiger partial charge is 0.462 e. The number of esters is 1. The summed E-state index contributed by atoms with van der Waals surface area (Å²) in [6.07, 6.45) is 0. The van der Waals surface area contributed by atoms with Crippen molar-refractivity contribution in [2.45, 2.75) is 32.9 Å². The van der Waals surface area contributed by atoms with E-state index in [0.717, 1.165) is 16.0 Å². The minimum atomic E-state index is -0.976. The topological polar surface area (TPSA) is 121 Å². The number of carbonyl (C=O) groups is 4. The number of hydrogen-bond acceptors (Lipinski definition) is 8. The summed E-state index contributed by atoms with van der Waals surface area (Å²) in [5.41, 5.74) is 3.31. The number of anilines is 2. The van der Waals surface area contributed by atoms with E-state index in [0.29, 0.717) is 16.9 Å². The van der Waals surface area contributed by atoms with E-state index in [2.05, 4.69) is 15.7 Å². The quantitative estimate of drug-likeness (QED) is 0.534. The Morgan fingerprint density at radius 2 is 1.76 bits per heavy atom. The van der Waals surface area contributed by atoms with Crippen LogP contribution in [0.4, 0.5) is 11.4 Å². The smallest absolute Gasteiger partial charge is 0.338 e. The molecule has 10 nitrogen and oxygen atoms in total. The number of fused-ring (bicyclic) bond motifs is 1. The molecule has 2 aromatic carbocycles. The number of imide groups is 1. The van der Waals surface area contributed by atoms with Crippen molar-refractivity contribution in [1.82, 2.24) is 5.01 Å². The summed E-state index contributed by atoms with van der Waals surface area (Å²) in [6.45, 7) is 5.58. The van der Waals surface area contributed by atoms with Gasteiger partial charge in [0.15, 0.2) is 12.1 Å². The van der Waals surface area contributed by atoms with Gasteiger partial charge in [0, 0.05) is 5.69 Å². The minimum absolute atomic E-state index is 0.260. The third-order valence-corrected chi connectivity index (χ3v) is 5.59. The molecule has 2 aliphatic heterocycles. The highest BCUT2D eigenvalue weighted by atomic mass is 16.5. The van der Waals surface area contributed by atoms with Crippen molar-refractivity contribution < 1.29 is 23.9 Å². The van der Waals surface area contributed by atoms with Gasteiger partial charge < -0.3 is 10.1 Å². The standard InChI is InChI=1S/C23H23N5O5/c1-4-33-23(32)15-6-8-16(9-7-15)24-18(29)12-27-20-19(25-26-27)21(30)28(22(20)31)17-10-5-13(2)14(3)11-17/h5-11,19-20H,4,12H2,1-3H3,(H,24,29)/t19-,20-/m0/s1. The Kier molecular flexibility index (Phi) is 5.91. The number of nitrogens with one attached hydrogen (secondary N) is 1. The van der Waals surface area contributed by atoms with Crippen molar-refractivity contribution in [2.24, 2.45) is 10.3 Å². The number of nitrogens with zero attached hydrogens (tertiary/aromatic N) is 4. The Hall–Kier alpha value is -4.08. The molecule has 33 heavy (non-hydrogen) atoms. The normalized spacial score (nSPS) is 19.1. The zero-order valence-corrected chi connectivity index (χ0v) is 18.4. The third-order valence-electron chi connectivity index (χ3n) is 5.59. The van der Waals surface area contributed by atoms with Crippen LogP contribution in [0.25, 0.3) is 0 Å². The number of hydrogen-bond donors (Lipinski definition) is 1. The van der Waals surface area contributed by atoms with Gasteiger partial charge in [-0.05, 0) is 68.3 Å². The highest BCUT2D eigenvalue weighted by molar-refractivity contribution is 6.25. The summed E-state index contributed by atoms with van der Waals surface area (Å²) >= 11 is 0. The van der Waals surface area contributed by atoms with Gasteiger partial charge in [-0.2, -0.15) is 5.11 Å². The van der Waals surface area contributed by atoms with Crippen molar-refractivity contribution in [3.63, 3.8) is 0 Å². The molecule has 1 saturated heterocycles. The predicted molar refractivity (Wildman–Crippen MR) is 119 cm³/mol.